The molecule has 1 aromatic carbocycles. The Labute approximate surface area is 76.4 Å². The quantitative estimate of drug-likeness (QED) is 0.587. The van der Waals surface area contributed by atoms with E-state index in [-0.39, 0.29) is 0 Å². The molecule has 0 bridgehead atoms. The van der Waals surface area contributed by atoms with Gasteiger partial charge in [-0.25, -0.2) is 0 Å². The van der Waals surface area contributed by atoms with Gasteiger partial charge in [0.1, 0.15) is 5.76 Å². The van der Waals surface area contributed by atoms with Crippen molar-refractivity contribution in [2.45, 2.75) is 12.8 Å². The average Bonchev–Trinajstić information content (AvgIpc) is 2.19. The van der Waals surface area contributed by atoms with Gasteiger partial charge in [-0.15, -0.1) is 5.26 Å². The second-order valence-corrected chi connectivity index (χ2v) is 2.95. The lowest BCUT2D eigenvalue weighted by Crippen LogP contribution is -2.29. The van der Waals surface area contributed by atoms with Gasteiger partial charge in [0.25, 0.3) is 6.26 Å². The van der Waals surface area contributed by atoms with Crippen LogP contribution >= 0.6 is 0 Å². The van der Waals surface area contributed by atoms with Gasteiger partial charge >= 0.3 is 0 Å². The highest BCUT2D eigenvalue weighted by atomic mass is 16.5. The molecule has 1 aliphatic carbocycles. The van der Waals surface area contributed by atoms with Crippen molar-refractivity contribution in [3.63, 3.8) is 0 Å². The number of benzene rings is 1. The third-order valence-corrected chi connectivity index (χ3v) is 2.17. The summed E-state index contributed by atoms with van der Waals surface area (Å²) < 4.78 is 4.91. The minimum atomic E-state index is 0.792. The van der Waals surface area contributed by atoms with E-state index >= 15 is 0 Å². The molecular formula is C11H9NO. The van der Waals surface area contributed by atoms with E-state index in [1.807, 2.05) is 24.3 Å². The standard InChI is InChI=1S/C11H9NO/c12-8-13-11-7-3-5-9-4-1-2-6-10(9)11/h1-2,4-6H,3,7H2. The molecule has 2 heteroatoms. The fourth-order valence-electron chi connectivity index (χ4n) is 1.58. The van der Waals surface area contributed by atoms with Crippen molar-refractivity contribution in [1.82, 2.24) is 0 Å². The van der Waals surface area contributed by atoms with Gasteiger partial charge in [-0.3, -0.25) is 0 Å². The van der Waals surface area contributed by atoms with Crippen molar-refractivity contribution >= 4 is 11.8 Å². The summed E-state index contributed by atoms with van der Waals surface area (Å²) in [5.41, 5.74) is 0. The minimum Gasteiger partial charge on any atom is -0.392 e. The largest absolute Gasteiger partial charge is 0.392 e. The van der Waals surface area contributed by atoms with Gasteiger partial charge in [0, 0.05) is 11.6 Å². The molecule has 0 amide bonds. The first kappa shape index (κ1) is 7.88. The second kappa shape index (κ2) is 3.32. The van der Waals surface area contributed by atoms with Crippen LogP contribution in [0, 0.1) is 11.5 Å². The monoisotopic (exact) mass is 171 g/mol. The molecule has 0 radical (unpaired) electrons. The van der Waals surface area contributed by atoms with Gasteiger partial charge in [0.05, 0.1) is 0 Å². The Morgan fingerprint density at radius 3 is 3.00 bits per heavy atom. The molecule has 0 saturated heterocycles. The first-order valence-electron chi connectivity index (χ1n) is 4.26. The number of hydrogen-bond donors (Lipinski definition) is 0. The molecule has 1 aromatic rings. The average molecular weight is 171 g/mol. The Morgan fingerprint density at radius 1 is 1.31 bits per heavy atom. The molecule has 0 atom stereocenters. The van der Waals surface area contributed by atoms with Crippen LogP contribution in [0.4, 0.5) is 0 Å². The fraction of sp³-hybridized carbons (Fsp3) is 0.182. The Hall–Kier alpha value is -1.75. The van der Waals surface area contributed by atoms with Gasteiger partial charge in [-0.2, -0.15) is 0 Å². The van der Waals surface area contributed by atoms with E-state index in [0.29, 0.717) is 0 Å². The summed E-state index contributed by atoms with van der Waals surface area (Å²) in [5, 5.41) is 10.7. The molecule has 64 valence electrons. The van der Waals surface area contributed by atoms with Crippen LogP contribution in [0.1, 0.15) is 12.8 Å². The van der Waals surface area contributed by atoms with Gasteiger partial charge in [0.15, 0.2) is 0 Å². The highest BCUT2D eigenvalue weighted by Crippen LogP contribution is 2.08. The van der Waals surface area contributed by atoms with Crippen LogP contribution in [0.25, 0.3) is 11.8 Å². The van der Waals surface area contributed by atoms with Crippen molar-refractivity contribution in [3.8, 4) is 6.26 Å². The van der Waals surface area contributed by atoms with Gasteiger partial charge in [0.2, 0.25) is 0 Å². The van der Waals surface area contributed by atoms with Crippen molar-refractivity contribution in [2.24, 2.45) is 0 Å². The first-order chi connectivity index (χ1) is 6.42. The van der Waals surface area contributed by atoms with Crippen molar-refractivity contribution in [3.05, 3.63) is 34.7 Å². The number of rotatable bonds is 1. The Bertz CT molecular complexity index is 468. The summed E-state index contributed by atoms with van der Waals surface area (Å²) in [6, 6.07) is 7.97. The maximum absolute atomic E-state index is 8.44. The van der Waals surface area contributed by atoms with Crippen LogP contribution in [-0.4, -0.2) is 0 Å². The predicted molar refractivity (Wildman–Crippen MR) is 49.5 cm³/mol. The molecule has 1 aliphatic rings. The maximum atomic E-state index is 8.44. The smallest absolute Gasteiger partial charge is 0.291 e. The number of fused-ring (bicyclic) bond motifs is 1. The van der Waals surface area contributed by atoms with Gasteiger partial charge in [-0.1, -0.05) is 30.3 Å². The van der Waals surface area contributed by atoms with Crippen LogP contribution < -0.4 is 10.4 Å². The maximum Gasteiger partial charge on any atom is 0.291 e. The van der Waals surface area contributed by atoms with E-state index in [4.69, 9.17) is 10.00 Å². The van der Waals surface area contributed by atoms with Crippen LogP contribution in [-0.2, 0) is 4.74 Å². The van der Waals surface area contributed by atoms with Crippen molar-refractivity contribution < 1.29 is 4.74 Å². The predicted octanol–water partition coefficient (Wildman–Crippen LogP) is 0.867. The summed E-state index contributed by atoms with van der Waals surface area (Å²) in [7, 11) is 0. The lowest BCUT2D eigenvalue weighted by molar-refractivity contribution is 0.435. The molecule has 2 rings (SSSR count). The van der Waals surface area contributed by atoms with E-state index in [1.165, 1.54) is 5.22 Å². The van der Waals surface area contributed by atoms with Gasteiger partial charge < -0.3 is 4.74 Å². The van der Waals surface area contributed by atoms with Crippen molar-refractivity contribution in [2.75, 3.05) is 0 Å². The SMILES string of the molecule is N#COC1=c2ccccc2=CCC1. The molecule has 0 saturated carbocycles. The molecule has 0 aromatic heterocycles. The molecule has 0 heterocycles. The van der Waals surface area contributed by atoms with Crippen LogP contribution in [0.3, 0.4) is 0 Å². The summed E-state index contributed by atoms with van der Waals surface area (Å²) in [6.45, 7) is 0. The van der Waals surface area contributed by atoms with Crippen LogP contribution in [0.5, 0.6) is 0 Å². The minimum absolute atomic E-state index is 0.792. The summed E-state index contributed by atoms with van der Waals surface area (Å²) in [5.74, 6) is 0.792. The number of hydrogen-bond acceptors (Lipinski definition) is 2. The lowest BCUT2D eigenvalue weighted by atomic mass is 10.1. The lowest BCUT2D eigenvalue weighted by Gasteiger charge is -2.06. The Kier molecular flexibility index (Phi) is 2.01. The number of ether oxygens (including phenoxy) is 1. The normalized spacial score (nSPS) is 13.9. The second-order valence-electron chi connectivity index (χ2n) is 2.95. The molecule has 2 nitrogen and oxygen atoms in total. The molecule has 0 aliphatic heterocycles. The Balaban J connectivity index is 2.70. The molecule has 0 unspecified atom stereocenters. The van der Waals surface area contributed by atoms with Crippen molar-refractivity contribution in [1.29, 1.82) is 5.26 Å². The zero-order valence-corrected chi connectivity index (χ0v) is 7.16. The first-order valence-corrected chi connectivity index (χ1v) is 4.26. The Morgan fingerprint density at radius 2 is 2.15 bits per heavy atom. The fourth-order valence-corrected chi connectivity index (χ4v) is 1.58. The summed E-state index contributed by atoms with van der Waals surface area (Å²) >= 11 is 0. The summed E-state index contributed by atoms with van der Waals surface area (Å²) in [6.07, 6.45) is 5.67. The summed E-state index contributed by atoms with van der Waals surface area (Å²) in [4.78, 5) is 0. The molecule has 0 N–H and O–H groups in total. The molecule has 13 heavy (non-hydrogen) atoms. The highest BCUT2D eigenvalue weighted by molar-refractivity contribution is 5.46. The van der Waals surface area contributed by atoms with Crippen LogP contribution in [0.2, 0.25) is 0 Å². The number of nitriles is 1. The zero-order valence-electron chi connectivity index (χ0n) is 7.16. The zero-order chi connectivity index (χ0) is 9.10. The van der Waals surface area contributed by atoms with E-state index < -0.39 is 0 Å². The topological polar surface area (TPSA) is 33.0 Å². The third kappa shape index (κ3) is 1.41. The van der Waals surface area contributed by atoms with E-state index in [9.17, 15) is 0 Å². The molecule has 0 spiro atoms. The van der Waals surface area contributed by atoms with Crippen LogP contribution in [0.15, 0.2) is 24.3 Å². The molecule has 0 fully saturated rings. The third-order valence-electron chi connectivity index (χ3n) is 2.17. The number of nitrogens with zero attached hydrogens (tertiary/aromatic N) is 1. The molecular weight excluding hydrogens is 162 g/mol. The van der Waals surface area contributed by atoms with E-state index in [2.05, 4.69) is 6.08 Å². The van der Waals surface area contributed by atoms with E-state index in [0.717, 1.165) is 23.8 Å². The van der Waals surface area contributed by atoms with Gasteiger partial charge in [-0.05, 0) is 11.6 Å². The highest BCUT2D eigenvalue weighted by Gasteiger charge is 2.04. The van der Waals surface area contributed by atoms with E-state index in [1.54, 1.807) is 6.26 Å².